The van der Waals surface area contributed by atoms with E-state index in [4.69, 9.17) is 4.98 Å². The van der Waals surface area contributed by atoms with Crippen LogP contribution in [0.15, 0.2) is 91.0 Å². The van der Waals surface area contributed by atoms with Crippen LogP contribution in [0.2, 0.25) is 0 Å². The predicted octanol–water partition coefficient (Wildman–Crippen LogP) is 5.91. The van der Waals surface area contributed by atoms with E-state index < -0.39 is 0 Å². The SMILES string of the molecule is Cc1ccccc1C(=O)NCCCc1nc2ccccc2n1Cc1cccc2ccccc12. The molecule has 33 heavy (non-hydrogen) atoms. The first-order valence-corrected chi connectivity index (χ1v) is 11.5. The molecule has 0 atom stereocenters. The number of carbonyl (C=O) groups is 1. The number of fused-ring (bicyclic) bond motifs is 2. The van der Waals surface area contributed by atoms with Crippen molar-refractivity contribution in [3.8, 4) is 0 Å². The number of aryl methyl sites for hydroxylation is 2. The fourth-order valence-electron chi connectivity index (χ4n) is 4.46. The molecule has 0 saturated heterocycles. The van der Waals surface area contributed by atoms with E-state index in [0.717, 1.165) is 47.4 Å². The number of nitrogens with one attached hydrogen (secondary N) is 1. The summed E-state index contributed by atoms with van der Waals surface area (Å²) in [7, 11) is 0. The van der Waals surface area contributed by atoms with E-state index in [2.05, 4.69) is 70.5 Å². The number of hydrogen-bond acceptors (Lipinski definition) is 2. The number of aromatic nitrogens is 2. The first-order chi connectivity index (χ1) is 16.2. The number of nitrogens with zero attached hydrogens (tertiary/aromatic N) is 2. The van der Waals surface area contributed by atoms with Crippen LogP contribution in [0.1, 0.15) is 33.7 Å². The van der Waals surface area contributed by atoms with E-state index in [1.54, 1.807) is 0 Å². The summed E-state index contributed by atoms with van der Waals surface area (Å²) >= 11 is 0. The topological polar surface area (TPSA) is 46.9 Å². The number of para-hydroxylation sites is 2. The molecule has 0 spiro atoms. The zero-order chi connectivity index (χ0) is 22.6. The molecule has 1 heterocycles. The van der Waals surface area contributed by atoms with Crippen molar-refractivity contribution >= 4 is 27.7 Å². The number of rotatable bonds is 7. The Morgan fingerprint density at radius 2 is 1.64 bits per heavy atom. The van der Waals surface area contributed by atoms with E-state index in [1.807, 2.05) is 37.3 Å². The maximum Gasteiger partial charge on any atom is 0.251 e. The quantitative estimate of drug-likeness (QED) is 0.324. The summed E-state index contributed by atoms with van der Waals surface area (Å²) in [6.45, 7) is 3.35. The molecule has 0 aliphatic rings. The predicted molar refractivity (Wildman–Crippen MR) is 135 cm³/mol. The Bertz CT molecular complexity index is 1430. The molecule has 1 N–H and O–H groups in total. The van der Waals surface area contributed by atoms with Gasteiger partial charge in [-0.2, -0.15) is 0 Å². The molecule has 0 bridgehead atoms. The first-order valence-electron chi connectivity index (χ1n) is 11.5. The number of hydrogen-bond donors (Lipinski definition) is 1. The van der Waals surface area contributed by atoms with Crippen molar-refractivity contribution in [1.29, 1.82) is 0 Å². The minimum atomic E-state index is -0.0163. The molecule has 0 radical (unpaired) electrons. The average molecular weight is 434 g/mol. The van der Waals surface area contributed by atoms with Crippen LogP contribution < -0.4 is 5.32 Å². The molecule has 5 rings (SSSR count). The molecule has 0 aliphatic carbocycles. The van der Waals surface area contributed by atoms with Gasteiger partial charge in [-0.3, -0.25) is 4.79 Å². The lowest BCUT2D eigenvalue weighted by atomic mass is 10.0. The van der Waals surface area contributed by atoms with E-state index in [0.29, 0.717) is 6.54 Å². The van der Waals surface area contributed by atoms with Gasteiger partial charge in [-0.1, -0.05) is 72.8 Å². The Morgan fingerprint density at radius 3 is 2.55 bits per heavy atom. The zero-order valence-corrected chi connectivity index (χ0v) is 18.8. The monoisotopic (exact) mass is 433 g/mol. The normalized spacial score (nSPS) is 11.2. The Kier molecular flexibility index (Phi) is 5.90. The van der Waals surface area contributed by atoms with Crippen LogP contribution in [0.4, 0.5) is 0 Å². The Balaban J connectivity index is 1.35. The lowest BCUT2D eigenvalue weighted by Gasteiger charge is -2.12. The van der Waals surface area contributed by atoms with Gasteiger partial charge in [-0.15, -0.1) is 0 Å². The largest absolute Gasteiger partial charge is 0.352 e. The molecule has 1 amide bonds. The molecule has 0 aliphatic heterocycles. The Hall–Kier alpha value is -3.92. The van der Waals surface area contributed by atoms with Gasteiger partial charge in [0.1, 0.15) is 5.82 Å². The second-order valence-corrected chi connectivity index (χ2v) is 8.42. The van der Waals surface area contributed by atoms with Gasteiger partial charge in [0.25, 0.3) is 5.91 Å². The highest BCUT2D eigenvalue weighted by atomic mass is 16.1. The summed E-state index contributed by atoms with van der Waals surface area (Å²) in [5.74, 6) is 1.03. The summed E-state index contributed by atoms with van der Waals surface area (Å²) in [6, 6.07) is 31.0. The molecular weight excluding hydrogens is 406 g/mol. The third-order valence-electron chi connectivity index (χ3n) is 6.19. The van der Waals surface area contributed by atoms with Crippen molar-refractivity contribution in [2.24, 2.45) is 0 Å². The van der Waals surface area contributed by atoms with Gasteiger partial charge >= 0.3 is 0 Å². The van der Waals surface area contributed by atoms with Crippen molar-refractivity contribution in [2.75, 3.05) is 6.54 Å². The fraction of sp³-hybridized carbons (Fsp3) is 0.172. The molecule has 4 nitrogen and oxygen atoms in total. The van der Waals surface area contributed by atoms with Crippen LogP contribution in [0.5, 0.6) is 0 Å². The minimum absolute atomic E-state index is 0.0163. The van der Waals surface area contributed by atoms with Gasteiger partial charge in [0, 0.05) is 25.1 Å². The maximum atomic E-state index is 12.5. The number of imidazole rings is 1. The third kappa shape index (κ3) is 4.37. The molecule has 4 heteroatoms. The molecule has 4 aromatic carbocycles. The maximum absolute atomic E-state index is 12.5. The fourth-order valence-corrected chi connectivity index (χ4v) is 4.46. The minimum Gasteiger partial charge on any atom is -0.352 e. The van der Waals surface area contributed by atoms with Gasteiger partial charge in [0.2, 0.25) is 0 Å². The molecule has 164 valence electrons. The smallest absolute Gasteiger partial charge is 0.251 e. The Morgan fingerprint density at radius 1 is 0.879 bits per heavy atom. The van der Waals surface area contributed by atoms with Crippen molar-refractivity contribution in [3.05, 3.63) is 114 Å². The summed E-state index contributed by atoms with van der Waals surface area (Å²) < 4.78 is 2.32. The number of benzene rings is 4. The summed E-state index contributed by atoms with van der Waals surface area (Å²) in [5, 5.41) is 5.58. The van der Waals surface area contributed by atoms with Crippen LogP contribution >= 0.6 is 0 Å². The summed E-state index contributed by atoms with van der Waals surface area (Å²) in [6.07, 6.45) is 1.63. The van der Waals surface area contributed by atoms with Crippen LogP contribution in [-0.2, 0) is 13.0 Å². The van der Waals surface area contributed by atoms with Crippen LogP contribution in [0, 0.1) is 6.92 Å². The first kappa shape index (κ1) is 21.0. The van der Waals surface area contributed by atoms with Crippen molar-refractivity contribution < 1.29 is 4.79 Å². The number of amides is 1. The molecule has 0 saturated carbocycles. The van der Waals surface area contributed by atoms with E-state index >= 15 is 0 Å². The molecular formula is C29H27N3O. The van der Waals surface area contributed by atoms with Gasteiger partial charge in [-0.25, -0.2) is 4.98 Å². The van der Waals surface area contributed by atoms with Crippen molar-refractivity contribution in [2.45, 2.75) is 26.3 Å². The molecule has 1 aromatic heterocycles. The van der Waals surface area contributed by atoms with Crippen molar-refractivity contribution in [3.63, 3.8) is 0 Å². The van der Waals surface area contributed by atoms with Crippen LogP contribution in [0.3, 0.4) is 0 Å². The third-order valence-corrected chi connectivity index (χ3v) is 6.19. The summed E-state index contributed by atoms with van der Waals surface area (Å²) in [5.41, 5.74) is 5.17. The second-order valence-electron chi connectivity index (χ2n) is 8.42. The standard InChI is InChI=1S/C29H27N3O/c1-21-10-2-4-14-24(21)29(33)30-19-9-18-28-31-26-16-6-7-17-27(26)32(28)20-23-13-8-12-22-11-3-5-15-25(22)23/h2-8,10-17H,9,18-20H2,1H3,(H,30,33). The highest BCUT2D eigenvalue weighted by molar-refractivity contribution is 5.95. The molecule has 0 fully saturated rings. The van der Waals surface area contributed by atoms with E-state index in [1.165, 1.54) is 16.3 Å². The van der Waals surface area contributed by atoms with Gasteiger partial charge in [0.05, 0.1) is 11.0 Å². The van der Waals surface area contributed by atoms with Gasteiger partial charge < -0.3 is 9.88 Å². The lowest BCUT2D eigenvalue weighted by molar-refractivity contribution is 0.0952. The highest BCUT2D eigenvalue weighted by Gasteiger charge is 2.13. The molecule has 0 unspecified atom stereocenters. The van der Waals surface area contributed by atoms with Crippen LogP contribution in [-0.4, -0.2) is 22.0 Å². The second kappa shape index (κ2) is 9.29. The Labute approximate surface area is 193 Å². The van der Waals surface area contributed by atoms with Gasteiger partial charge in [-0.05, 0) is 53.4 Å². The molecule has 5 aromatic rings. The highest BCUT2D eigenvalue weighted by Crippen LogP contribution is 2.23. The van der Waals surface area contributed by atoms with Crippen LogP contribution in [0.25, 0.3) is 21.8 Å². The van der Waals surface area contributed by atoms with E-state index in [-0.39, 0.29) is 5.91 Å². The number of carbonyl (C=O) groups excluding carboxylic acids is 1. The summed E-state index contributed by atoms with van der Waals surface area (Å²) in [4.78, 5) is 17.4. The lowest BCUT2D eigenvalue weighted by Crippen LogP contribution is -2.25. The van der Waals surface area contributed by atoms with Gasteiger partial charge in [0.15, 0.2) is 0 Å². The average Bonchev–Trinajstić information content (AvgIpc) is 3.19. The zero-order valence-electron chi connectivity index (χ0n) is 18.8. The van der Waals surface area contributed by atoms with Crippen molar-refractivity contribution in [1.82, 2.24) is 14.9 Å². The van der Waals surface area contributed by atoms with E-state index in [9.17, 15) is 4.79 Å².